The van der Waals surface area contributed by atoms with Gasteiger partial charge in [0.25, 0.3) is 0 Å². The molecule has 4 heteroatoms. The van der Waals surface area contributed by atoms with Crippen LogP contribution in [-0.4, -0.2) is 10.9 Å². The Kier molecular flexibility index (Phi) is 4.09. The molecule has 0 radical (unpaired) electrons. The van der Waals surface area contributed by atoms with E-state index in [2.05, 4.69) is 10.3 Å². The molecule has 1 amide bonds. The fraction of sp³-hybridized carbons (Fsp3) is 0.538. The lowest BCUT2D eigenvalue weighted by atomic mass is 10.0. The Hall–Kier alpha value is -1.42. The van der Waals surface area contributed by atoms with Crippen molar-refractivity contribution < 1.29 is 4.79 Å². The summed E-state index contributed by atoms with van der Waals surface area (Å²) < 4.78 is 0. The summed E-state index contributed by atoms with van der Waals surface area (Å²) in [7, 11) is 0. The molecule has 1 aromatic rings. The number of hydrogen-bond donors (Lipinski definition) is 2. The predicted octanol–water partition coefficient (Wildman–Crippen LogP) is 2.06. The maximum Gasteiger partial charge on any atom is 0.225 e. The van der Waals surface area contributed by atoms with E-state index in [1.54, 1.807) is 12.3 Å². The monoisotopic (exact) mass is 233 g/mol. The standard InChI is InChI=1S/C13H19N3O/c14-8-11-5-6-12(15-9-11)16-13(17)7-10-3-1-2-4-10/h5-6,9-10H,1-4,7-8,14H2,(H,15,16,17). The fourth-order valence-corrected chi connectivity index (χ4v) is 2.29. The smallest absolute Gasteiger partial charge is 0.225 e. The van der Waals surface area contributed by atoms with Crippen LogP contribution in [-0.2, 0) is 11.3 Å². The Labute approximate surface area is 102 Å². The summed E-state index contributed by atoms with van der Waals surface area (Å²) in [5.74, 6) is 1.26. The summed E-state index contributed by atoms with van der Waals surface area (Å²) in [6.45, 7) is 0.475. The van der Waals surface area contributed by atoms with Gasteiger partial charge in [0.2, 0.25) is 5.91 Å². The molecule has 0 saturated heterocycles. The SMILES string of the molecule is NCc1ccc(NC(=O)CC2CCCC2)nc1. The van der Waals surface area contributed by atoms with E-state index in [0.29, 0.717) is 24.7 Å². The van der Waals surface area contributed by atoms with Crippen LogP contribution in [0.3, 0.4) is 0 Å². The van der Waals surface area contributed by atoms with Crippen molar-refractivity contribution in [3.63, 3.8) is 0 Å². The van der Waals surface area contributed by atoms with E-state index >= 15 is 0 Å². The largest absolute Gasteiger partial charge is 0.326 e. The minimum absolute atomic E-state index is 0.0740. The highest BCUT2D eigenvalue weighted by molar-refractivity contribution is 5.89. The summed E-state index contributed by atoms with van der Waals surface area (Å²) >= 11 is 0. The molecule has 1 saturated carbocycles. The van der Waals surface area contributed by atoms with Gasteiger partial charge in [0.05, 0.1) is 0 Å². The van der Waals surface area contributed by atoms with Crippen LogP contribution in [0.25, 0.3) is 0 Å². The van der Waals surface area contributed by atoms with Gasteiger partial charge >= 0.3 is 0 Å². The maximum atomic E-state index is 11.7. The van der Waals surface area contributed by atoms with E-state index in [9.17, 15) is 4.79 Å². The topological polar surface area (TPSA) is 68.0 Å². The normalized spacial score (nSPS) is 16.1. The van der Waals surface area contributed by atoms with E-state index < -0.39 is 0 Å². The third-order valence-corrected chi connectivity index (χ3v) is 3.28. The third-order valence-electron chi connectivity index (χ3n) is 3.28. The van der Waals surface area contributed by atoms with Crippen LogP contribution >= 0.6 is 0 Å². The van der Waals surface area contributed by atoms with Crippen molar-refractivity contribution in [2.24, 2.45) is 11.7 Å². The number of nitrogens with zero attached hydrogens (tertiary/aromatic N) is 1. The molecule has 0 aliphatic heterocycles. The molecule has 0 bridgehead atoms. The minimum atomic E-state index is 0.0740. The number of amides is 1. The molecule has 1 aliphatic carbocycles. The van der Waals surface area contributed by atoms with E-state index in [0.717, 1.165) is 5.56 Å². The summed E-state index contributed by atoms with van der Waals surface area (Å²) in [4.78, 5) is 15.9. The molecule has 1 heterocycles. The molecule has 1 aromatic heterocycles. The Morgan fingerprint density at radius 3 is 2.76 bits per heavy atom. The fourth-order valence-electron chi connectivity index (χ4n) is 2.29. The molecule has 0 atom stereocenters. The number of pyridine rings is 1. The summed E-state index contributed by atoms with van der Waals surface area (Å²) in [5, 5.41) is 2.83. The van der Waals surface area contributed by atoms with Crippen molar-refractivity contribution in [2.75, 3.05) is 5.32 Å². The number of carbonyl (C=O) groups excluding carboxylic acids is 1. The van der Waals surface area contributed by atoms with Gasteiger partial charge in [0.1, 0.15) is 5.82 Å². The minimum Gasteiger partial charge on any atom is -0.326 e. The lowest BCUT2D eigenvalue weighted by Crippen LogP contribution is -2.16. The molecule has 0 aromatic carbocycles. The number of anilines is 1. The van der Waals surface area contributed by atoms with Crippen LogP contribution in [0.1, 0.15) is 37.7 Å². The van der Waals surface area contributed by atoms with Crippen LogP contribution in [0.5, 0.6) is 0 Å². The van der Waals surface area contributed by atoms with Crippen molar-refractivity contribution in [1.82, 2.24) is 4.98 Å². The summed E-state index contributed by atoms with van der Waals surface area (Å²) in [6.07, 6.45) is 7.23. The third kappa shape index (κ3) is 3.53. The van der Waals surface area contributed by atoms with Gasteiger partial charge in [0, 0.05) is 19.2 Å². The van der Waals surface area contributed by atoms with Gasteiger partial charge in [0.15, 0.2) is 0 Å². The lowest BCUT2D eigenvalue weighted by Gasteiger charge is -2.09. The highest BCUT2D eigenvalue weighted by atomic mass is 16.1. The number of nitrogens with two attached hydrogens (primary N) is 1. The summed E-state index contributed by atoms with van der Waals surface area (Å²) in [5.41, 5.74) is 6.45. The number of carbonyl (C=O) groups is 1. The quantitative estimate of drug-likeness (QED) is 0.836. The van der Waals surface area contributed by atoms with Gasteiger partial charge in [-0.25, -0.2) is 4.98 Å². The number of nitrogens with one attached hydrogen (secondary N) is 1. The van der Waals surface area contributed by atoms with E-state index in [4.69, 9.17) is 5.73 Å². The second-order valence-corrected chi connectivity index (χ2v) is 4.66. The first-order valence-corrected chi connectivity index (χ1v) is 6.23. The van der Waals surface area contributed by atoms with Crippen LogP contribution in [0, 0.1) is 5.92 Å². The zero-order valence-electron chi connectivity index (χ0n) is 9.98. The van der Waals surface area contributed by atoms with Crippen molar-refractivity contribution >= 4 is 11.7 Å². The molecule has 1 aliphatic rings. The Morgan fingerprint density at radius 1 is 1.41 bits per heavy atom. The number of aromatic nitrogens is 1. The number of rotatable bonds is 4. The van der Waals surface area contributed by atoms with Gasteiger partial charge in [-0.15, -0.1) is 0 Å². The molecule has 4 nitrogen and oxygen atoms in total. The van der Waals surface area contributed by atoms with Gasteiger partial charge in [-0.05, 0) is 30.4 Å². The van der Waals surface area contributed by atoms with Gasteiger partial charge in [-0.2, -0.15) is 0 Å². The molecule has 0 unspecified atom stereocenters. The number of hydrogen-bond acceptors (Lipinski definition) is 3. The molecule has 1 fully saturated rings. The molecule has 92 valence electrons. The van der Waals surface area contributed by atoms with Crippen molar-refractivity contribution in [2.45, 2.75) is 38.6 Å². The zero-order valence-corrected chi connectivity index (χ0v) is 9.98. The average molecular weight is 233 g/mol. The van der Waals surface area contributed by atoms with Crippen LogP contribution in [0.15, 0.2) is 18.3 Å². The second-order valence-electron chi connectivity index (χ2n) is 4.66. The maximum absolute atomic E-state index is 11.7. The second kappa shape index (κ2) is 5.77. The molecule has 17 heavy (non-hydrogen) atoms. The van der Waals surface area contributed by atoms with E-state index in [1.165, 1.54) is 25.7 Å². The van der Waals surface area contributed by atoms with Crippen molar-refractivity contribution in [3.8, 4) is 0 Å². The van der Waals surface area contributed by atoms with E-state index in [1.807, 2.05) is 6.07 Å². The molecule has 3 N–H and O–H groups in total. The molecule has 2 rings (SSSR count). The van der Waals surface area contributed by atoms with E-state index in [-0.39, 0.29) is 5.91 Å². The zero-order chi connectivity index (χ0) is 12.1. The summed E-state index contributed by atoms with van der Waals surface area (Å²) in [6, 6.07) is 3.69. The first-order chi connectivity index (χ1) is 8.28. The Bertz CT molecular complexity index is 369. The van der Waals surface area contributed by atoms with Crippen LogP contribution in [0.2, 0.25) is 0 Å². The molecular formula is C13H19N3O. The van der Waals surface area contributed by atoms with Gasteiger partial charge in [-0.3, -0.25) is 4.79 Å². The van der Waals surface area contributed by atoms with Crippen LogP contribution in [0.4, 0.5) is 5.82 Å². The Morgan fingerprint density at radius 2 is 2.18 bits per heavy atom. The van der Waals surface area contributed by atoms with Crippen molar-refractivity contribution in [3.05, 3.63) is 23.9 Å². The first kappa shape index (κ1) is 12.0. The molecule has 0 spiro atoms. The first-order valence-electron chi connectivity index (χ1n) is 6.23. The van der Waals surface area contributed by atoms with Gasteiger partial charge in [-0.1, -0.05) is 18.9 Å². The van der Waals surface area contributed by atoms with Crippen LogP contribution < -0.4 is 11.1 Å². The van der Waals surface area contributed by atoms with Gasteiger partial charge < -0.3 is 11.1 Å². The Balaban J connectivity index is 1.84. The predicted molar refractivity (Wildman–Crippen MR) is 67.3 cm³/mol. The molecular weight excluding hydrogens is 214 g/mol. The average Bonchev–Trinajstić information content (AvgIpc) is 2.82. The lowest BCUT2D eigenvalue weighted by molar-refractivity contribution is -0.117. The highest BCUT2D eigenvalue weighted by Gasteiger charge is 2.18. The van der Waals surface area contributed by atoms with Crippen molar-refractivity contribution in [1.29, 1.82) is 0 Å². The highest BCUT2D eigenvalue weighted by Crippen LogP contribution is 2.27.